The molecule has 0 saturated carbocycles. The van der Waals surface area contributed by atoms with Gasteiger partial charge < -0.3 is 14.6 Å². The molecule has 0 saturated heterocycles. The molecule has 0 unspecified atom stereocenters. The number of halogens is 2. The minimum atomic E-state index is -3.62. The number of para-hydroxylation sites is 1. The van der Waals surface area contributed by atoms with Crippen LogP contribution in [0.1, 0.15) is 5.56 Å². The molecule has 3 nitrogen and oxygen atoms in total. The molecule has 2 rings (SSSR count). The third kappa shape index (κ3) is 1.31. The van der Waals surface area contributed by atoms with Crippen molar-refractivity contribution < 1.29 is 23.4 Å². The van der Waals surface area contributed by atoms with Gasteiger partial charge in [-0.15, -0.1) is 8.78 Å². The van der Waals surface area contributed by atoms with Gasteiger partial charge in [0.25, 0.3) is 0 Å². The summed E-state index contributed by atoms with van der Waals surface area (Å²) >= 11 is 0. The summed E-state index contributed by atoms with van der Waals surface area (Å²) in [7, 11) is 0. The minimum absolute atomic E-state index is 0.0449. The van der Waals surface area contributed by atoms with Crippen molar-refractivity contribution in [2.45, 2.75) is 12.9 Å². The van der Waals surface area contributed by atoms with E-state index >= 15 is 0 Å². The van der Waals surface area contributed by atoms with Gasteiger partial charge in [0.15, 0.2) is 11.5 Å². The second kappa shape index (κ2) is 2.56. The van der Waals surface area contributed by atoms with Crippen LogP contribution in [-0.2, 0) is 6.61 Å². The first-order chi connectivity index (χ1) is 6.12. The Morgan fingerprint density at radius 2 is 2.08 bits per heavy atom. The monoisotopic (exact) mass is 188 g/mol. The summed E-state index contributed by atoms with van der Waals surface area (Å²) in [4.78, 5) is 0. The molecule has 1 aliphatic heterocycles. The third-order valence-electron chi connectivity index (χ3n) is 1.68. The number of aliphatic hydroxyl groups is 1. The van der Waals surface area contributed by atoms with Crippen LogP contribution in [0.5, 0.6) is 11.5 Å². The average Bonchev–Trinajstić information content (AvgIpc) is 2.37. The minimum Gasteiger partial charge on any atom is -0.395 e. The Bertz CT molecular complexity index is 338. The SMILES string of the molecule is OCc1cccc2c1OC(F)(F)O2. The van der Waals surface area contributed by atoms with E-state index in [9.17, 15) is 8.78 Å². The molecule has 1 N–H and O–H groups in total. The highest BCUT2D eigenvalue weighted by Crippen LogP contribution is 2.42. The highest BCUT2D eigenvalue weighted by Gasteiger charge is 2.44. The average molecular weight is 188 g/mol. The van der Waals surface area contributed by atoms with Crippen LogP contribution in [0.15, 0.2) is 18.2 Å². The smallest absolute Gasteiger partial charge is 0.395 e. The predicted octanol–water partition coefficient (Wildman–Crippen LogP) is 1.50. The van der Waals surface area contributed by atoms with E-state index in [4.69, 9.17) is 5.11 Å². The molecule has 0 atom stereocenters. The molecule has 1 aromatic rings. The molecule has 0 radical (unpaired) electrons. The van der Waals surface area contributed by atoms with Crippen LogP contribution < -0.4 is 9.47 Å². The van der Waals surface area contributed by atoms with E-state index in [1.54, 1.807) is 0 Å². The lowest BCUT2D eigenvalue weighted by Crippen LogP contribution is -2.26. The van der Waals surface area contributed by atoms with Gasteiger partial charge in [0, 0.05) is 5.56 Å². The van der Waals surface area contributed by atoms with Crippen molar-refractivity contribution >= 4 is 0 Å². The van der Waals surface area contributed by atoms with Gasteiger partial charge in [0.2, 0.25) is 0 Å². The third-order valence-corrected chi connectivity index (χ3v) is 1.68. The molecule has 1 aromatic carbocycles. The van der Waals surface area contributed by atoms with Crippen molar-refractivity contribution in [2.75, 3.05) is 0 Å². The lowest BCUT2D eigenvalue weighted by Gasteiger charge is -2.05. The first-order valence-corrected chi connectivity index (χ1v) is 3.61. The fourth-order valence-electron chi connectivity index (χ4n) is 1.15. The number of benzene rings is 1. The second-order valence-corrected chi connectivity index (χ2v) is 2.57. The zero-order chi connectivity index (χ0) is 9.47. The van der Waals surface area contributed by atoms with Crippen LogP contribution in [0.25, 0.3) is 0 Å². The van der Waals surface area contributed by atoms with E-state index in [1.807, 2.05) is 0 Å². The van der Waals surface area contributed by atoms with Crippen LogP contribution >= 0.6 is 0 Å². The van der Waals surface area contributed by atoms with E-state index in [0.717, 1.165) is 0 Å². The molecule has 70 valence electrons. The standard InChI is InChI=1S/C8H6F2O3/c9-8(10)12-6-3-1-2-5(4-11)7(6)13-8/h1-3,11H,4H2. The van der Waals surface area contributed by atoms with Gasteiger partial charge in [-0.3, -0.25) is 0 Å². The summed E-state index contributed by atoms with van der Waals surface area (Å²) in [5, 5.41) is 8.79. The first kappa shape index (κ1) is 8.25. The van der Waals surface area contributed by atoms with Gasteiger partial charge in [0.05, 0.1) is 6.61 Å². The van der Waals surface area contributed by atoms with Gasteiger partial charge in [0.1, 0.15) is 0 Å². The van der Waals surface area contributed by atoms with Gasteiger partial charge in [-0.2, -0.15) is 0 Å². The molecular weight excluding hydrogens is 182 g/mol. The fraction of sp³-hybridized carbons (Fsp3) is 0.250. The number of aliphatic hydroxyl groups excluding tert-OH is 1. The number of alkyl halides is 2. The van der Waals surface area contributed by atoms with Crippen LogP contribution in [0, 0.1) is 0 Å². The number of rotatable bonds is 1. The van der Waals surface area contributed by atoms with Crippen LogP contribution in [0.2, 0.25) is 0 Å². The van der Waals surface area contributed by atoms with Crippen LogP contribution in [-0.4, -0.2) is 11.4 Å². The van der Waals surface area contributed by atoms with Crippen molar-refractivity contribution in [3.63, 3.8) is 0 Å². The molecular formula is C8H6F2O3. The van der Waals surface area contributed by atoms with Crippen molar-refractivity contribution in [3.8, 4) is 11.5 Å². The van der Waals surface area contributed by atoms with Gasteiger partial charge in [-0.1, -0.05) is 12.1 Å². The van der Waals surface area contributed by atoms with Crippen LogP contribution in [0.3, 0.4) is 0 Å². The summed E-state index contributed by atoms with van der Waals surface area (Å²) in [6.07, 6.45) is -3.62. The lowest BCUT2D eigenvalue weighted by atomic mass is 10.2. The summed E-state index contributed by atoms with van der Waals surface area (Å²) in [6.45, 7) is -0.359. The van der Waals surface area contributed by atoms with Gasteiger partial charge >= 0.3 is 6.29 Å². The highest BCUT2D eigenvalue weighted by molar-refractivity contribution is 5.48. The Labute approximate surface area is 72.5 Å². The number of hydrogen-bond donors (Lipinski definition) is 1. The summed E-state index contributed by atoms with van der Waals surface area (Å²) in [5.41, 5.74) is 0.287. The molecule has 0 spiro atoms. The van der Waals surface area contributed by atoms with Crippen molar-refractivity contribution in [1.82, 2.24) is 0 Å². The fourth-order valence-corrected chi connectivity index (χ4v) is 1.15. The molecule has 13 heavy (non-hydrogen) atoms. The summed E-state index contributed by atoms with van der Waals surface area (Å²) < 4.78 is 33.4. The number of fused-ring (bicyclic) bond motifs is 1. The van der Waals surface area contributed by atoms with E-state index in [2.05, 4.69) is 9.47 Å². The molecule has 0 bridgehead atoms. The molecule has 1 aliphatic rings. The molecule has 0 aliphatic carbocycles. The number of ether oxygens (including phenoxy) is 2. The Hall–Kier alpha value is -1.36. The Balaban J connectivity index is 2.45. The van der Waals surface area contributed by atoms with Crippen LogP contribution in [0.4, 0.5) is 8.78 Å². The predicted molar refractivity (Wildman–Crippen MR) is 38.6 cm³/mol. The Kier molecular flexibility index (Phi) is 1.63. The largest absolute Gasteiger partial charge is 0.586 e. The Morgan fingerprint density at radius 3 is 2.77 bits per heavy atom. The molecule has 1 heterocycles. The van der Waals surface area contributed by atoms with E-state index in [0.29, 0.717) is 0 Å². The molecule has 5 heteroatoms. The summed E-state index contributed by atoms with van der Waals surface area (Å²) in [6, 6.07) is 4.36. The lowest BCUT2D eigenvalue weighted by molar-refractivity contribution is -0.287. The van der Waals surface area contributed by atoms with E-state index in [1.165, 1.54) is 18.2 Å². The molecule has 0 amide bonds. The maximum Gasteiger partial charge on any atom is 0.586 e. The summed E-state index contributed by atoms with van der Waals surface area (Å²) in [5.74, 6) is -0.133. The second-order valence-electron chi connectivity index (χ2n) is 2.57. The van der Waals surface area contributed by atoms with E-state index < -0.39 is 6.29 Å². The van der Waals surface area contributed by atoms with Gasteiger partial charge in [-0.05, 0) is 6.07 Å². The zero-order valence-corrected chi connectivity index (χ0v) is 6.46. The Morgan fingerprint density at radius 1 is 1.31 bits per heavy atom. The van der Waals surface area contributed by atoms with Crippen molar-refractivity contribution in [3.05, 3.63) is 23.8 Å². The van der Waals surface area contributed by atoms with Gasteiger partial charge in [-0.25, -0.2) is 0 Å². The highest BCUT2D eigenvalue weighted by atomic mass is 19.3. The first-order valence-electron chi connectivity index (χ1n) is 3.61. The zero-order valence-electron chi connectivity index (χ0n) is 6.46. The van der Waals surface area contributed by atoms with Crippen molar-refractivity contribution in [1.29, 1.82) is 0 Å². The number of hydrogen-bond acceptors (Lipinski definition) is 3. The maximum absolute atomic E-state index is 12.5. The molecule has 0 aromatic heterocycles. The normalized spacial score (nSPS) is 17.5. The maximum atomic E-state index is 12.5. The molecule has 0 fully saturated rings. The van der Waals surface area contributed by atoms with E-state index in [-0.39, 0.29) is 23.7 Å². The van der Waals surface area contributed by atoms with Crippen molar-refractivity contribution in [2.24, 2.45) is 0 Å². The topological polar surface area (TPSA) is 38.7 Å². The quantitative estimate of drug-likeness (QED) is 0.725.